The average molecular weight is 777 g/mol. The molecule has 3 heteroatoms. The van der Waals surface area contributed by atoms with Gasteiger partial charge in [0.2, 0.25) is 0 Å². The van der Waals surface area contributed by atoms with Gasteiger partial charge in [0.1, 0.15) is 0 Å². The molecule has 0 aliphatic rings. The van der Waals surface area contributed by atoms with Crippen LogP contribution >= 0.6 is 0 Å². The zero-order valence-corrected chi connectivity index (χ0v) is 32.3. The molecule has 0 radical (unpaired) electrons. The molecule has 0 aliphatic heterocycles. The molecule has 0 amide bonds. The first-order chi connectivity index (χ1) is 33.1. The number of rotatable bonds is 5. The maximum absolute atomic E-state index is 8.01. The van der Waals surface area contributed by atoms with Gasteiger partial charge in [0.25, 0.3) is 0 Å². The lowest BCUT2D eigenvalue weighted by atomic mass is 9.98. The van der Waals surface area contributed by atoms with E-state index in [1.54, 1.807) is 36.4 Å². The molecule has 0 saturated heterocycles. The first-order valence-electron chi connectivity index (χ1n) is 24.6. The summed E-state index contributed by atoms with van der Waals surface area (Å²) < 4.78 is 78.0. The summed E-state index contributed by atoms with van der Waals surface area (Å²) in [6.07, 6.45) is 0. The summed E-state index contributed by atoms with van der Waals surface area (Å²) in [6, 6.07) is 64.0. The van der Waals surface area contributed by atoms with Crippen LogP contribution in [0.4, 0.5) is 0 Å². The first-order valence-corrected chi connectivity index (χ1v) is 20.1. The van der Waals surface area contributed by atoms with E-state index in [4.69, 9.17) is 12.3 Å². The molecule has 0 N–H and O–H groups in total. The third kappa shape index (κ3) is 5.29. The minimum absolute atomic E-state index is 0.283. The Balaban J connectivity index is 1.02. The van der Waals surface area contributed by atoms with Gasteiger partial charge < -0.3 is 13.7 Å². The highest BCUT2D eigenvalue weighted by atomic mass is 15.0. The lowest BCUT2D eigenvalue weighted by molar-refractivity contribution is 1.17. The van der Waals surface area contributed by atoms with Crippen molar-refractivity contribution in [3.8, 4) is 39.3 Å². The Morgan fingerprint density at radius 2 is 0.533 bits per heavy atom. The third-order valence-corrected chi connectivity index (χ3v) is 12.2. The maximum Gasteiger partial charge on any atom is 0.0541 e. The van der Waals surface area contributed by atoms with Crippen molar-refractivity contribution < 1.29 is 12.3 Å². The molecular weight excluding hydrogens is 727 g/mol. The van der Waals surface area contributed by atoms with Crippen LogP contribution in [0.15, 0.2) is 194 Å². The molecule has 0 unspecified atom stereocenters. The van der Waals surface area contributed by atoms with Gasteiger partial charge >= 0.3 is 0 Å². The molecule has 0 fully saturated rings. The predicted molar refractivity (Wildman–Crippen MR) is 255 cm³/mol. The molecule has 3 heterocycles. The summed E-state index contributed by atoms with van der Waals surface area (Å²) in [5, 5.41) is 6.41. The SMILES string of the molecule is [2H]C([2H])([2H])c1ccc(-n2c3ccccc3c3cc(-c4ccc5c(c4)c4cc(-c6ccc7c(c6)c6ccccc6n7-c6ccc(C([2H])([2H])[2H])cc6)ccc4n5-c4ccc(C([2H])([2H])[2H])cc4)ccc32)cc1. The third-order valence-electron chi connectivity index (χ3n) is 12.2. The van der Waals surface area contributed by atoms with E-state index in [0.29, 0.717) is 11.1 Å². The molecule has 0 bridgehead atoms. The van der Waals surface area contributed by atoms with Crippen LogP contribution in [0.1, 0.15) is 29.0 Å². The van der Waals surface area contributed by atoms with E-state index in [0.717, 1.165) is 105 Å². The standard InChI is InChI=1S/C57H41N3/c1-36-12-22-43(23-13-36)58-52-10-6-4-8-46(52)48-32-39(18-28-54(48)58)41-20-30-56-50(34-41)51-35-42(21-31-57(51)60(56)45-26-16-38(3)17-27-45)40-19-29-55-49(33-40)47-9-5-7-11-53(47)59(55)44-24-14-37(2)15-25-44/h4-35H,1-3H3/i1D3,2D3,3D3. The average Bonchev–Trinajstić information content (AvgIpc) is 3.98. The van der Waals surface area contributed by atoms with Crippen molar-refractivity contribution in [1.29, 1.82) is 0 Å². The van der Waals surface area contributed by atoms with Crippen LogP contribution in [-0.2, 0) is 0 Å². The van der Waals surface area contributed by atoms with Gasteiger partial charge in [0, 0.05) is 61.7 Å². The van der Waals surface area contributed by atoms with Crippen LogP contribution in [0.3, 0.4) is 0 Å². The largest absolute Gasteiger partial charge is 0.309 e. The number of aromatic nitrogens is 3. The lowest BCUT2D eigenvalue weighted by Crippen LogP contribution is -1.94. The van der Waals surface area contributed by atoms with Gasteiger partial charge in [-0.25, -0.2) is 0 Å². The Labute approximate surface area is 361 Å². The van der Waals surface area contributed by atoms with Crippen molar-refractivity contribution >= 4 is 65.4 Å². The van der Waals surface area contributed by atoms with Crippen molar-refractivity contribution in [3.05, 3.63) is 211 Å². The van der Waals surface area contributed by atoms with Crippen molar-refractivity contribution in [3.63, 3.8) is 0 Å². The molecule has 0 aliphatic carbocycles. The summed E-state index contributed by atoms with van der Waals surface area (Å²) in [5.41, 5.74) is 13.7. The van der Waals surface area contributed by atoms with E-state index in [2.05, 4.69) is 111 Å². The fraction of sp³-hybridized carbons (Fsp3) is 0.0526. The van der Waals surface area contributed by atoms with Crippen molar-refractivity contribution in [2.75, 3.05) is 0 Å². The minimum atomic E-state index is -2.22. The van der Waals surface area contributed by atoms with Crippen LogP contribution < -0.4 is 0 Å². The Bertz CT molecular complexity index is 3770. The van der Waals surface area contributed by atoms with Crippen molar-refractivity contribution in [2.45, 2.75) is 20.6 Å². The summed E-state index contributed by atoms with van der Waals surface area (Å²) >= 11 is 0. The van der Waals surface area contributed by atoms with Gasteiger partial charge in [-0.2, -0.15) is 0 Å². The second-order valence-electron chi connectivity index (χ2n) is 15.6. The highest BCUT2D eigenvalue weighted by Crippen LogP contribution is 2.41. The topological polar surface area (TPSA) is 14.8 Å². The van der Waals surface area contributed by atoms with E-state index in [1.165, 1.54) is 0 Å². The number of hydrogen-bond acceptors (Lipinski definition) is 0. The Kier molecular flexibility index (Phi) is 5.81. The molecular formula is C57H41N3. The highest BCUT2D eigenvalue weighted by molar-refractivity contribution is 6.14. The van der Waals surface area contributed by atoms with Crippen molar-refractivity contribution in [1.82, 2.24) is 13.7 Å². The van der Waals surface area contributed by atoms with Crippen molar-refractivity contribution in [2.24, 2.45) is 0 Å². The van der Waals surface area contributed by atoms with Gasteiger partial charge in [-0.15, -0.1) is 0 Å². The number of para-hydroxylation sites is 2. The van der Waals surface area contributed by atoms with E-state index in [1.807, 2.05) is 60.7 Å². The number of aryl methyl sites for hydroxylation is 3. The maximum atomic E-state index is 8.01. The monoisotopic (exact) mass is 776 g/mol. The van der Waals surface area contributed by atoms with Gasteiger partial charge in [-0.05, 0) is 140 Å². The second kappa shape index (κ2) is 13.2. The van der Waals surface area contributed by atoms with Gasteiger partial charge in [-0.1, -0.05) is 114 Å². The first kappa shape index (κ1) is 26.4. The van der Waals surface area contributed by atoms with Crippen LogP contribution in [0.2, 0.25) is 0 Å². The van der Waals surface area contributed by atoms with E-state index in [9.17, 15) is 0 Å². The number of benzene rings is 9. The summed E-state index contributed by atoms with van der Waals surface area (Å²) in [4.78, 5) is 0. The molecule has 9 aromatic carbocycles. The summed E-state index contributed by atoms with van der Waals surface area (Å²) in [6.45, 7) is -6.60. The Morgan fingerprint density at radius 3 is 0.833 bits per heavy atom. The molecule has 3 nitrogen and oxygen atoms in total. The molecule has 12 rings (SSSR count). The van der Waals surface area contributed by atoms with Crippen LogP contribution in [0, 0.1) is 20.6 Å². The van der Waals surface area contributed by atoms with Crippen LogP contribution in [0.25, 0.3) is 105 Å². The summed E-state index contributed by atoms with van der Waals surface area (Å²) in [7, 11) is 0. The molecule has 12 aromatic rings. The molecule has 284 valence electrons. The fourth-order valence-corrected chi connectivity index (χ4v) is 9.35. The fourth-order valence-electron chi connectivity index (χ4n) is 9.35. The number of nitrogens with zero attached hydrogens (tertiary/aromatic N) is 3. The molecule has 3 aromatic heterocycles. The number of fused-ring (bicyclic) bond motifs is 9. The molecule has 0 atom stereocenters. The zero-order chi connectivity index (χ0) is 47.6. The Morgan fingerprint density at radius 1 is 0.267 bits per heavy atom. The van der Waals surface area contributed by atoms with Crippen LogP contribution in [0.5, 0.6) is 0 Å². The molecule has 0 saturated carbocycles. The molecule has 0 spiro atoms. The van der Waals surface area contributed by atoms with E-state index < -0.39 is 20.6 Å². The minimum Gasteiger partial charge on any atom is -0.309 e. The predicted octanol–water partition coefficient (Wildman–Crippen LogP) is 15.2. The summed E-state index contributed by atoms with van der Waals surface area (Å²) in [5.74, 6) is 0. The lowest BCUT2D eigenvalue weighted by Gasteiger charge is -2.10. The van der Waals surface area contributed by atoms with Crippen LogP contribution in [-0.4, -0.2) is 13.7 Å². The van der Waals surface area contributed by atoms with Gasteiger partial charge in [0.15, 0.2) is 0 Å². The zero-order valence-electron chi connectivity index (χ0n) is 41.3. The van der Waals surface area contributed by atoms with Gasteiger partial charge in [-0.3, -0.25) is 0 Å². The quantitative estimate of drug-likeness (QED) is 0.165. The number of hydrogen-bond donors (Lipinski definition) is 0. The Hall–Kier alpha value is -7.62. The second-order valence-corrected chi connectivity index (χ2v) is 15.6. The van der Waals surface area contributed by atoms with Gasteiger partial charge in [0.05, 0.1) is 33.1 Å². The molecule has 60 heavy (non-hydrogen) atoms. The van der Waals surface area contributed by atoms with E-state index >= 15 is 0 Å². The smallest absolute Gasteiger partial charge is 0.0541 e. The normalized spacial score (nSPS) is 14.8. The highest BCUT2D eigenvalue weighted by Gasteiger charge is 2.18. The van der Waals surface area contributed by atoms with E-state index in [-0.39, 0.29) is 5.56 Å².